The minimum absolute atomic E-state index is 0.0199. The molecule has 4 N–H and O–H groups in total. The van der Waals surface area contributed by atoms with Crippen molar-refractivity contribution in [2.45, 2.75) is 6.54 Å². The van der Waals surface area contributed by atoms with Crippen molar-refractivity contribution in [1.29, 1.82) is 0 Å². The largest absolute Gasteiger partial charge is 0.368 e. The minimum atomic E-state index is -0.566. The normalized spacial score (nSPS) is 9.93. The fraction of sp³-hybridized carbons (Fsp3) is 0.429. The Kier molecular flexibility index (Phi) is 3.21. The molecule has 0 aliphatic rings. The van der Waals surface area contributed by atoms with Crippen molar-refractivity contribution in [2.75, 3.05) is 19.3 Å². The highest BCUT2D eigenvalue weighted by Crippen LogP contribution is 1.92. The maximum absolute atomic E-state index is 11.4. The summed E-state index contributed by atoms with van der Waals surface area (Å²) in [6, 6.07) is 0. The maximum Gasteiger partial charge on any atom is 0.244 e. The number of rotatable bonds is 4. The second-order valence-electron chi connectivity index (χ2n) is 3.02. The molecule has 1 heterocycles. The van der Waals surface area contributed by atoms with E-state index in [4.69, 9.17) is 11.5 Å². The lowest BCUT2D eigenvalue weighted by Gasteiger charge is -2.14. The van der Waals surface area contributed by atoms with Crippen molar-refractivity contribution in [2.24, 2.45) is 5.73 Å². The zero-order chi connectivity index (χ0) is 11.4. The fourth-order valence-corrected chi connectivity index (χ4v) is 0.966. The summed E-state index contributed by atoms with van der Waals surface area (Å²) in [5, 5.41) is 3.73. The van der Waals surface area contributed by atoms with Gasteiger partial charge in [0.2, 0.25) is 17.8 Å². The van der Waals surface area contributed by atoms with Gasteiger partial charge < -0.3 is 16.4 Å². The Balaban J connectivity index is 2.52. The third-order valence-corrected chi connectivity index (χ3v) is 1.67. The Hall–Kier alpha value is -2.12. The monoisotopic (exact) mass is 212 g/mol. The molecule has 2 amide bonds. The molecule has 1 rings (SSSR count). The lowest BCUT2D eigenvalue weighted by molar-refractivity contribution is -0.134. The fourth-order valence-electron chi connectivity index (χ4n) is 0.966. The number of primary amides is 1. The first-order valence-electron chi connectivity index (χ1n) is 4.16. The summed E-state index contributed by atoms with van der Waals surface area (Å²) in [5.74, 6) is -0.761. The van der Waals surface area contributed by atoms with Crippen LogP contribution in [0.5, 0.6) is 0 Å². The SMILES string of the molecule is CN(CC(N)=O)C(=O)Cn1cnc(N)n1. The molecule has 0 saturated heterocycles. The van der Waals surface area contributed by atoms with Crippen LogP contribution in [0.3, 0.4) is 0 Å². The lowest BCUT2D eigenvalue weighted by atomic mass is 10.4. The molecule has 0 fully saturated rings. The van der Waals surface area contributed by atoms with E-state index in [2.05, 4.69) is 10.1 Å². The molecule has 82 valence electrons. The molecule has 0 saturated carbocycles. The van der Waals surface area contributed by atoms with Crippen molar-refractivity contribution in [3.63, 3.8) is 0 Å². The first-order valence-corrected chi connectivity index (χ1v) is 4.16. The Bertz CT molecular complexity index is 373. The van der Waals surface area contributed by atoms with Crippen molar-refractivity contribution < 1.29 is 9.59 Å². The maximum atomic E-state index is 11.4. The van der Waals surface area contributed by atoms with Crippen LogP contribution in [0.25, 0.3) is 0 Å². The van der Waals surface area contributed by atoms with E-state index >= 15 is 0 Å². The van der Waals surface area contributed by atoms with Gasteiger partial charge in [-0.25, -0.2) is 9.67 Å². The van der Waals surface area contributed by atoms with Crippen molar-refractivity contribution in [3.05, 3.63) is 6.33 Å². The number of nitrogens with two attached hydrogens (primary N) is 2. The number of nitrogens with zero attached hydrogens (tertiary/aromatic N) is 4. The van der Waals surface area contributed by atoms with Gasteiger partial charge in [0.05, 0.1) is 6.54 Å². The molecule has 0 aliphatic heterocycles. The highest BCUT2D eigenvalue weighted by molar-refractivity contribution is 5.83. The molecule has 8 heteroatoms. The third-order valence-electron chi connectivity index (χ3n) is 1.67. The number of nitrogen functional groups attached to an aromatic ring is 1. The highest BCUT2D eigenvalue weighted by atomic mass is 16.2. The van der Waals surface area contributed by atoms with E-state index in [9.17, 15) is 9.59 Å². The molecule has 8 nitrogen and oxygen atoms in total. The predicted octanol–water partition coefficient (Wildman–Crippen LogP) is -2.20. The predicted molar refractivity (Wildman–Crippen MR) is 51.3 cm³/mol. The smallest absolute Gasteiger partial charge is 0.244 e. The van der Waals surface area contributed by atoms with Gasteiger partial charge in [-0.15, -0.1) is 5.10 Å². The second kappa shape index (κ2) is 4.40. The van der Waals surface area contributed by atoms with Gasteiger partial charge >= 0.3 is 0 Å². The minimum Gasteiger partial charge on any atom is -0.368 e. The summed E-state index contributed by atoms with van der Waals surface area (Å²) in [5.41, 5.74) is 10.2. The summed E-state index contributed by atoms with van der Waals surface area (Å²) < 4.78 is 1.29. The molecule has 15 heavy (non-hydrogen) atoms. The van der Waals surface area contributed by atoms with Gasteiger partial charge in [-0.3, -0.25) is 9.59 Å². The lowest BCUT2D eigenvalue weighted by Crippen LogP contribution is -2.37. The summed E-state index contributed by atoms with van der Waals surface area (Å²) in [7, 11) is 1.48. The van der Waals surface area contributed by atoms with Crippen LogP contribution in [0.2, 0.25) is 0 Å². The quantitative estimate of drug-likeness (QED) is 0.587. The van der Waals surface area contributed by atoms with Gasteiger partial charge in [-0.1, -0.05) is 0 Å². The van der Waals surface area contributed by atoms with Gasteiger partial charge in [0.1, 0.15) is 12.9 Å². The number of anilines is 1. The molecule has 0 spiro atoms. The van der Waals surface area contributed by atoms with Crippen LogP contribution in [0.15, 0.2) is 6.33 Å². The number of carbonyl (C=O) groups excluding carboxylic acids is 2. The first-order chi connectivity index (χ1) is 6.99. The molecule has 0 aliphatic carbocycles. The Morgan fingerprint density at radius 1 is 1.60 bits per heavy atom. The van der Waals surface area contributed by atoms with E-state index in [1.54, 1.807) is 0 Å². The molecular weight excluding hydrogens is 200 g/mol. The van der Waals surface area contributed by atoms with Crippen LogP contribution < -0.4 is 11.5 Å². The Morgan fingerprint density at radius 3 is 2.73 bits per heavy atom. The average Bonchev–Trinajstić information content (AvgIpc) is 2.50. The van der Waals surface area contributed by atoms with E-state index in [0.717, 1.165) is 0 Å². The number of carbonyl (C=O) groups is 2. The van der Waals surface area contributed by atoms with Crippen LogP contribution in [0.1, 0.15) is 0 Å². The molecular formula is C7H12N6O2. The van der Waals surface area contributed by atoms with E-state index in [1.165, 1.54) is 23.0 Å². The molecule has 0 radical (unpaired) electrons. The van der Waals surface area contributed by atoms with Crippen LogP contribution >= 0.6 is 0 Å². The molecule has 0 bridgehead atoms. The van der Waals surface area contributed by atoms with Crippen molar-refractivity contribution in [3.8, 4) is 0 Å². The van der Waals surface area contributed by atoms with E-state index in [0.29, 0.717) is 0 Å². The number of amides is 2. The van der Waals surface area contributed by atoms with Crippen LogP contribution in [0.4, 0.5) is 5.95 Å². The Labute approximate surface area is 85.8 Å². The second-order valence-corrected chi connectivity index (χ2v) is 3.02. The van der Waals surface area contributed by atoms with E-state index in [1.807, 2.05) is 0 Å². The zero-order valence-electron chi connectivity index (χ0n) is 8.25. The third kappa shape index (κ3) is 3.25. The van der Waals surface area contributed by atoms with Gasteiger partial charge in [0.15, 0.2) is 0 Å². The highest BCUT2D eigenvalue weighted by Gasteiger charge is 2.12. The average molecular weight is 212 g/mol. The van der Waals surface area contributed by atoms with E-state index in [-0.39, 0.29) is 24.9 Å². The van der Waals surface area contributed by atoms with Crippen LogP contribution in [-0.2, 0) is 16.1 Å². The topological polar surface area (TPSA) is 120 Å². The van der Waals surface area contributed by atoms with Crippen molar-refractivity contribution in [1.82, 2.24) is 19.7 Å². The molecule has 0 atom stereocenters. The van der Waals surface area contributed by atoms with Crippen LogP contribution in [0, 0.1) is 0 Å². The molecule has 0 unspecified atom stereocenters. The zero-order valence-corrected chi connectivity index (χ0v) is 8.25. The van der Waals surface area contributed by atoms with Gasteiger partial charge in [-0.2, -0.15) is 0 Å². The Morgan fingerprint density at radius 2 is 2.27 bits per heavy atom. The molecule has 1 aromatic rings. The van der Waals surface area contributed by atoms with Gasteiger partial charge in [0, 0.05) is 7.05 Å². The van der Waals surface area contributed by atoms with E-state index < -0.39 is 5.91 Å². The number of aromatic nitrogens is 3. The number of hydrogen-bond acceptors (Lipinski definition) is 5. The number of hydrogen-bond donors (Lipinski definition) is 2. The summed E-state index contributed by atoms with van der Waals surface area (Å²) in [6.45, 7) is -0.142. The van der Waals surface area contributed by atoms with Gasteiger partial charge in [0.25, 0.3) is 0 Å². The first kappa shape index (κ1) is 11.0. The van der Waals surface area contributed by atoms with Crippen molar-refractivity contribution >= 4 is 17.8 Å². The van der Waals surface area contributed by atoms with Gasteiger partial charge in [-0.05, 0) is 0 Å². The van der Waals surface area contributed by atoms with Crippen LogP contribution in [-0.4, -0.2) is 45.1 Å². The standard InChI is InChI=1S/C7H12N6O2/c1-12(2-5(8)14)6(15)3-13-4-10-7(9)11-13/h4H,2-3H2,1H3,(H2,8,14)(H2,9,11). The number of likely N-dealkylation sites (N-methyl/N-ethyl adjacent to an activating group) is 1. The molecule has 1 aromatic heterocycles. The molecule has 0 aromatic carbocycles. The summed E-state index contributed by atoms with van der Waals surface area (Å²) in [4.78, 5) is 26.9. The summed E-state index contributed by atoms with van der Waals surface area (Å²) >= 11 is 0. The summed E-state index contributed by atoms with van der Waals surface area (Å²) in [6.07, 6.45) is 1.34.